The standard InChI is InChI=1S/C22H19FN4OS/c1-27(12-11-20(28)26-17-9-7-16(23)8-10-17)21-18-13-19(15-5-3-2-4-6-15)29-22(18)25-14-24-21/h2-10,13-14H,11-12H2,1H3,(H,26,28). The van der Waals surface area contributed by atoms with Crippen molar-refractivity contribution in [1.82, 2.24) is 9.97 Å². The molecule has 0 saturated carbocycles. The zero-order chi connectivity index (χ0) is 20.2. The summed E-state index contributed by atoms with van der Waals surface area (Å²) in [5, 5.41) is 3.75. The zero-order valence-corrected chi connectivity index (χ0v) is 16.6. The van der Waals surface area contributed by atoms with Crippen LogP contribution in [-0.2, 0) is 4.79 Å². The number of thiophene rings is 1. The second kappa shape index (κ2) is 8.36. The van der Waals surface area contributed by atoms with E-state index >= 15 is 0 Å². The molecule has 0 radical (unpaired) electrons. The predicted molar refractivity (Wildman–Crippen MR) is 116 cm³/mol. The Hall–Kier alpha value is -3.32. The first-order valence-corrected chi connectivity index (χ1v) is 9.98. The third-order valence-electron chi connectivity index (χ3n) is 4.53. The van der Waals surface area contributed by atoms with E-state index in [1.807, 2.05) is 30.1 Å². The van der Waals surface area contributed by atoms with Gasteiger partial charge in [-0.2, -0.15) is 0 Å². The molecular weight excluding hydrogens is 387 g/mol. The van der Waals surface area contributed by atoms with Gasteiger partial charge in [0.25, 0.3) is 0 Å². The number of nitrogens with one attached hydrogen (secondary N) is 1. The van der Waals surface area contributed by atoms with Gasteiger partial charge in [0.05, 0.1) is 5.39 Å². The number of carbonyl (C=O) groups excluding carboxylic acids is 1. The molecule has 0 spiro atoms. The third kappa shape index (κ3) is 4.41. The number of anilines is 2. The average molecular weight is 406 g/mol. The van der Waals surface area contributed by atoms with Gasteiger partial charge in [-0.25, -0.2) is 14.4 Å². The number of carbonyl (C=O) groups is 1. The van der Waals surface area contributed by atoms with Gasteiger partial charge in [-0.05, 0) is 35.9 Å². The van der Waals surface area contributed by atoms with E-state index in [2.05, 4.69) is 33.5 Å². The zero-order valence-electron chi connectivity index (χ0n) is 15.8. The van der Waals surface area contributed by atoms with E-state index in [1.165, 1.54) is 12.1 Å². The molecule has 2 heterocycles. The minimum Gasteiger partial charge on any atom is -0.359 e. The summed E-state index contributed by atoms with van der Waals surface area (Å²) in [6.07, 6.45) is 1.84. The minimum absolute atomic E-state index is 0.135. The summed E-state index contributed by atoms with van der Waals surface area (Å²) in [5.74, 6) is 0.327. The number of hydrogen-bond donors (Lipinski definition) is 1. The maximum atomic E-state index is 13.0. The van der Waals surface area contributed by atoms with Crippen molar-refractivity contribution >= 4 is 39.0 Å². The lowest BCUT2D eigenvalue weighted by molar-refractivity contribution is -0.116. The van der Waals surface area contributed by atoms with Crippen molar-refractivity contribution in [3.63, 3.8) is 0 Å². The Morgan fingerprint density at radius 3 is 2.62 bits per heavy atom. The summed E-state index contributed by atoms with van der Waals surface area (Å²) in [5.41, 5.74) is 1.72. The lowest BCUT2D eigenvalue weighted by atomic mass is 10.2. The number of nitrogens with zero attached hydrogens (tertiary/aromatic N) is 3. The van der Waals surface area contributed by atoms with E-state index in [0.29, 0.717) is 12.2 Å². The van der Waals surface area contributed by atoms with Crippen molar-refractivity contribution in [2.24, 2.45) is 0 Å². The molecule has 146 valence electrons. The molecule has 0 bridgehead atoms. The quantitative estimate of drug-likeness (QED) is 0.492. The molecular formula is C22H19FN4OS. The van der Waals surface area contributed by atoms with Gasteiger partial charge >= 0.3 is 0 Å². The van der Waals surface area contributed by atoms with Crippen LogP contribution in [0.3, 0.4) is 0 Å². The average Bonchev–Trinajstić information content (AvgIpc) is 3.19. The minimum atomic E-state index is -0.332. The Morgan fingerprint density at radius 1 is 1.10 bits per heavy atom. The molecule has 0 aliphatic rings. The SMILES string of the molecule is CN(CCC(=O)Nc1ccc(F)cc1)c1ncnc2sc(-c3ccccc3)cc12. The van der Waals surface area contributed by atoms with E-state index in [9.17, 15) is 9.18 Å². The largest absolute Gasteiger partial charge is 0.359 e. The fourth-order valence-corrected chi connectivity index (χ4v) is 4.02. The van der Waals surface area contributed by atoms with Gasteiger partial charge in [0, 0.05) is 30.6 Å². The Kier molecular flexibility index (Phi) is 5.48. The van der Waals surface area contributed by atoms with Crippen LogP contribution in [0.5, 0.6) is 0 Å². The Balaban J connectivity index is 1.46. The fourth-order valence-electron chi connectivity index (χ4n) is 3.02. The summed E-state index contributed by atoms with van der Waals surface area (Å²) < 4.78 is 13.0. The molecule has 4 aromatic rings. The molecule has 4 rings (SSSR count). The maximum Gasteiger partial charge on any atom is 0.226 e. The molecule has 0 aliphatic heterocycles. The summed E-state index contributed by atoms with van der Waals surface area (Å²) in [7, 11) is 1.91. The van der Waals surface area contributed by atoms with Crippen LogP contribution in [0, 0.1) is 5.82 Å². The Morgan fingerprint density at radius 2 is 1.86 bits per heavy atom. The van der Waals surface area contributed by atoms with Crippen LogP contribution in [0.15, 0.2) is 67.0 Å². The van der Waals surface area contributed by atoms with E-state index in [0.717, 1.165) is 26.5 Å². The maximum absolute atomic E-state index is 13.0. The van der Waals surface area contributed by atoms with Gasteiger partial charge in [0.15, 0.2) is 0 Å². The second-order valence-electron chi connectivity index (χ2n) is 6.62. The van der Waals surface area contributed by atoms with Gasteiger partial charge in [0.1, 0.15) is 22.8 Å². The first-order valence-electron chi connectivity index (χ1n) is 9.16. The van der Waals surface area contributed by atoms with Crippen molar-refractivity contribution < 1.29 is 9.18 Å². The molecule has 0 fully saturated rings. The van der Waals surface area contributed by atoms with Crippen LogP contribution in [0.1, 0.15) is 6.42 Å². The predicted octanol–water partition coefficient (Wildman–Crippen LogP) is 4.96. The van der Waals surface area contributed by atoms with Crippen molar-refractivity contribution in [2.45, 2.75) is 6.42 Å². The summed E-state index contributed by atoms with van der Waals surface area (Å²) in [6, 6.07) is 18.0. The number of amides is 1. The van der Waals surface area contributed by atoms with E-state index in [-0.39, 0.29) is 18.1 Å². The molecule has 0 atom stereocenters. The van der Waals surface area contributed by atoms with Crippen LogP contribution in [-0.4, -0.2) is 29.5 Å². The molecule has 2 aromatic carbocycles. The molecule has 1 N–H and O–H groups in total. The van der Waals surface area contributed by atoms with E-state index in [1.54, 1.807) is 29.8 Å². The number of hydrogen-bond acceptors (Lipinski definition) is 5. The highest BCUT2D eigenvalue weighted by molar-refractivity contribution is 7.21. The molecule has 7 heteroatoms. The van der Waals surface area contributed by atoms with Gasteiger partial charge in [0.2, 0.25) is 5.91 Å². The number of aromatic nitrogens is 2. The first kappa shape index (κ1) is 19.0. The van der Waals surface area contributed by atoms with Gasteiger partial charge in [-0.1, -0.05) is 30.3 Å². The van der Waals surface area contributed by atoms with Crippen molar-refractivity contribution in [3.05, 3.63) is 72.8 Å². The summed E-state index contributed by atoms with van der Waals surface area (Å²) in [6.45, 7) is 0.496. The van der Waals surface area contributed by atoms with Crippen molar-refractivity contribution in [2.75, 3.05) is 23.8 Å². The second-order valence-corrected chi connectivity index (χ2v) is 7.65. The smallest absolute Gasteiger partial charge is 0.226 e. The van der Waals surface area contributed by atoms with Gasteiger partial charge in [-0.15, -0.1) is 11.3 Å². The van der Waals surface area contributed by atoms with Crippen LogP contribution < -0.4 is 10.2 Å². The topological polar surface area (TPSA) is 58.1 Å². The highest BCUT2D eigenvalue weighted by Crippen LogP contribution is 2.35. The van der Waals surface area contributed by atoms with E-state index in [4.69, 9.17) is 0 Å². The van der Waals surface area contributed by atoms with Crippen LogP contribution in [0.25, 0.3) is 20.7 Å². The van der Waals surface area contributed by atoms with Crippen LogP contribution >= 0.6 is 11.3 Å². The lowest BCUT2D eigenvalue weighted by Crippen LogP contribution is -2.24. The monoisotopic (exact) mass is 406 g/mol. The summed E-state index contributed by atoms with van der Waals surface area (Å²) >= 11 is 1.62. The number of halogens is 1. The highest BCUT2D eigenvalue weighted by Gasteiger charge is 2.14. The highest BCUT2D eigenvalue weighted by atomic mass is 32.1. The molecule has 5 nitrogen and oxygen atoms in total. The Bertz CT molecular complexity index is 1130. The molecule has 2 aromatic heterocycles. The van der Waals surface area contributed by atoms with Crippen molar-refractivity contribution in [3.8, 4) is 10.4 Å². The molecule has 0 saturated heterocycles. The molecule has 29 heavy (non-hydrogen) atoms. The fraction of sp³-hybridized carbons (Fsp3) is 0.136. The number of rotatable bonds is 6. The lowest BCUT2D eigenvalue weighted by Gasteiger charge is -2.18. The Labute approximate surface area is 171 Å². The number of benzene rings is 2. The summed E-state index contributed by atoms with van der Waals surface area (Å²) in [4.78, 5) is 25.1. The number of fused-ring (bicyclic) bond motifs is 1. The van der Waals surface area contributed by atoms with Gasteiger partial charge < -0.3 is 10.2 Å². The molecule has 1 amide bonds. The molecule has 0 unspecified atom stereocenters. The third-order valence-corrected chi connectivity index (χ3v) is 5.62. The van der Waals surface area contributed by atoms with Crippen LogP contribution in [0.4, 0.5) is 15.9 Å². The normalized spacial score (nSPS) is 10.8. The van der Waals surface area contributed by atoms with Crippen molar-refractivity contribution in [1.29, 1.82) is 0 Å². The van der Waals surface area contributed by atoms with Gasteiger partial charge in [-0.3, -0.25) is 4.79 Å². The van der Waals surface area contributed by atoms with E-state index < -0.39 is 0 Å². The first-order chi connectivity index (χ1) is 14.1. The van der Waals surface area contributed by atoms with Crippen LogP contribution in [0.2, 0.25) is 0 Å². The molecule has 0 aliphatic carbocycles.